The third-order valence-electron chi connectivity index (χ3n) is 7.74. The van der Waals surface area contributed by atoms with Crippen LogP contribution in [-0.2, 0) is 6.42 Å². The molecule has 0 fully saturated rings. The van der Waals surface area contributed by atoms with Gasteiger partial charge in [0.15, 0.2) is 0 Å². The number of hydrogen-bond acceptors (Lipinski definition) is 2. The van der Waals surface area contributed by atoms with Crippen LogP contribution < -0.4 is 0 Å². The van der Waals surface area contributed by atoms with Gasteiger partial charge in [-0.15, -0.1) is 0 Å². The predicted molar refractivity (Wildman–Crippen MR) is 161 cm³/mol. The van der Waals surface area contributed by atoms with Crippen LogP contribution in [0.2, 0.25) is 0 Å². The fraction of sp³-hybridized carbons (Fsp3) is 0.0270. The summed E-state index contributed by atoms with van der Waals surface area (Å²) >= 11 is 0. The monoisotopic (exact) mass is 500 g/mol. The van der Waals surface area contributed by atoms with Gasteiger partial charge < -0.3 is 8.83 Å². The zero-order valence-corrected chi connectivity index (χ0v) is 21.2. The van der Waals surface area contributed by atoms with Crippen LogP contribution >= 0.6 is 0 Å². The first-order valence-corrected chi connectivity index (χ1v) is 13.3. The zero-order chi connectivity index (χ0) is 25.8. The van der Waals surface area contributed by atoms with Gasteiger partial charge >= 0.3 is 0 Å². The Morgan fingerprint density at radius 2 is 0.949 bits per heavy atom. The minimum Gasteiger partial charge on any atom is -0.456 e. The summed E-state index contributed by atoms with van der Waals surface area (Å²) in [6.07, 6.45) is 0.890. The first-order valence-electron chi connectivity index (χ1n) is 13.3. The van der Waals surface area contributed by atoms with Crippen molar-refractivity contribution < 1.29 is 8.83 Å². The standard InChI is InChI=1S/C37H24O2/c1-4-11-35-30(6-1)32-9-5-8-29(37(32)39-35)27-18-14-25(15-19-27)22-24-12-16-26(17-13-24)28-20-21-36-33(23-28)31-7-2-3-10-34(31)38-36/h1-21,23H,22H2. The molecule has 0 saturated heterocycles. The zero-order valence-electron chi connectivity index (χ0n) is 21.2. The van der Waals surface area contributed by atoms with Crippen LogP contribution in [0.4, 0.5) is 0 Å². The van der Waals surface area contributed by atoms with Gasteiger partial charge in [0.25, 0.3) is 0 Å². The highest BCUT2D eigenvalue weighted by Crippen LogP contribution is 2.36. The maximum absolute atomic E-state index is 6.25. The molecule has 0 aliphatic carbocycles. The number of rotatable bonds is 4. The molecular weight excluding hydrogens is 476 g/mol. The van der Waals surface area contributed by atoms with Gasteiger partial charge in [0.1, 0.15) is 22.3 Å². The minimum atomic E-state index is 0.890. The summed E-state index contributed by atoms with van der Waals surface area (Å²) in [5.41, 5.74) is 11.0. The highest BCUT2D eigenvalue weighted by molar-refractivity contribution is 6.09. The molecule has 0 unspecified atom stereocenters. The second-order valence-electron chi connectivity index (χ2n) is 10.2. The van der Waals surface area contributed by atoms with Crippen molar-refractivity contribution in [3.8, 4) is 22.3 Å². The van der Waals surface area contributed by atoms with E-state index >= 15 is 0 Å². The Labute approximate surface area is 225 Å². The van der Waals surface area contributed by atoms with E-state index in [1.165, 1.54) is 27.8 Å². The topological polar surface area (TPSA) is 26.3 Å². The average Bonchev–Trinajstić information content (AvgIpc) is 3.56. The van der Waals surface area contributed by atoms with Gasteiger partial charge in [-0.3, -0.25) is 0 Å². The largest absolute Gasteiger partial charge is 0.456 e. The molecule has 0 aliphatic rings. The average molecular weight is 501 g/mol. The lowest BCUT2D eigenvalue weighted by Crippen LogP contribution is -1.89. The summed E-state index contributed by atoms with van der Waals surface area (Å²) in [6, 6.07) is 47.1. The van der Waals surface area contributed by atoms with Crippen LogP contribution in [0.5, 0.6) is 0 Å². The van der Waals surface area contributed by atoms with Crippen molar-refractivity contribution in [2.24, 2.45) is 0 Å². The Hall–Kier alpha value is -5.08. The van der Waals surface area contributed by atoms with Gasteiger partial charge in [-0.05, 0) is 58.5 Å². The molecule has 0 N–H and O–H groups in total. The van der Waals surface area contributed by atoms with Crippen molar-refractivity contribution >= 4 is 43.9 Å². The lowest BCUT2D eigenvalue weighted by molar-refractivity contribution is 0.669. The Balaban J connectivity index is 1.05. The van der Waals surface area contributed by atoms with E-state index in [0.717, 1.165) is 55.9 Å². The van der Waals surface area contributed by atoms with Crippen LogP contribution in [-0.4, -0.2) is 0 Å². The van der Waals surface area contributed by atoms with Gasteiger partial charge in [0.05, 0.1) is 0 Å². The Morgan fingerprint density at radius 1 is 0.385 bits per heavy atom. The molecule has 0 bridgehead atoms. The number of furan rings is 2. The van der Waals surface area contributed by atoms with Gasteiger partial charge in [-0.2, -0.15) is 0 Å². The molecule has 2 heterocycles. The van der Waals surface area contributed by atoms with E-state index in [-0.39, 0.29) is 0 Å². The number of para-hydroxylation sites is 3. The fourth-order valence-electron chi connectivity index (χ4n) is 5.73. The van der Waals surface area contributed by atoms with E-state index in [9.17, 15) is 0 Å². The Morgan fingerprint density at radius 3 is 1.69 bits per heavy atom. The molecule has 0 atom stereocenters. The van der Waals surface area contributed by atoms with Gasteiger partial charge in [0.2, 0.25) is 0 Å². The summed E-state index contributed by atoms with van der Waals surface area (Å²) < 4.78 is 12.2. The predicted octanol–water partition coefficient (Wildman–Crippen LogP) is 10.4. The molecule has 0 saturated carbocycles. The molecule has 8 aromatic rings. The molecule has 0 aliphatic heterocycles. The summed E-state index contributed by atoms with van der Waals surface area (Å²) in [5.74, 6) is 0. The van der Waals surface area contributed by atoms with E-state index in [1.54, 1.807) is 0 Å². The lowest BCUT2D eigenvalue weighted by Gasteiger charge is -2.07. The molecule has 0 amide bonds. The maximum atomic E-state index is 6.25. The number of hydrogen-bond donors (Lipinski definition) is 0. The summed E-state index contributed by atoms with van der Waals surface area (Å²) in [7, 11) is 0. The molecular formula is C37H24O2. The van der Waals surface area contributed by atoms with Gasteiger partial charge in [-0.25, -0.2) is 0 Å². The second kappa shape index (κ2) is 8.75. The van der Waals surface area contributed by atoms with E-state index in [4.69, 9.17) is 8.83 Å². The highest BCUT2D eigenvalue weighted by atomic mass is 16.3. The molecule has 6 aromatic carbocycles. The van der Waals surface area contributed by atoms with E-state index in [1.807, 2.05) is 24.3 Å². The molecule has 2 aromatic heterocycles. The number of benzene rings is 6. The molecule has 2 nitrogen and oxygen atoms in total. The van der Waals surface area contributed by atoms with E-state index < -0.39 is 0 Å². The van der Waals surface area contributed by atoms with Crippen molar-refractivity contribution in [2.75, 3.05) is 0 Å². The normalized spacial score (nSPS) is 11.7. The van der Waals surface area contributed by atoms with Crippen molar-refractivity contribution in [3.63, 3.8) is 0 Å². The SMILES string of the molecule is c1ccc2c(c1)oc1ccc(-c3ccc(Cc4ccc(-c5cccc6c5oc5ccccc56)cc4)cc3)cc12. The minimum absolute atomic E-state index is 0.890. The van der Waals surface area contributed by atoms with E-state index in [0.29, 0.717) is 0 Å². The molecule has 0 radical (unpaired) electrons. The smallest absolute Gasteiger partial charge is 0.143 e. The van der Waals surface area contributed by atoms with Crippen molar-refractivity contribution in [3.05, 3.63) is 145 Å². The second-order valence-corrected chi connectivity index (χ2v) is 10.2. The third-order valence-corrected chi connectivity index (χ3v) is 7.74. The Kier molecular flexibility index (Phi) is 4.92. The maximum Gasteiger partial charge on any atom is 0.143 e. The summed E-state index contributed by atoms with van der Waals surface area (Å²) in [5, 5.41) is 4.64. The first kappa shape index (κ1) is 22.0. The Bertz CT molecular complexity index is 2120. The van der Waals surface area contributed by atoms with Crippen molar-refractivity contribution in [1.29, 1.82) is 0 Å². The van der Waals surface area contributed by atoms with Crippen LogP contribution in [0, 0.1) is 0 Å². The van der Waals surface area contributed by atoms with Crippen LogP contribution in [0.25, 0.3) is 66.1 Å². The molecule has 2 heteroatoms. The lowest BCUT2D eigenvalue weighted by atomic mass is 9.97. The first-order chi connectivity index (χ1) is 19.3. The van der Waals surface area contributed by atoms with Crippen molar-refractivity contribution in [2.45, 2.75) is 6.42 Å². The fourth-order valence-corrected chi connectivity index (χ4v) is 5.73. The van der Waals surface area contributed by atoms with Gasteiger partial charge in [0, 0.05) is 27.1 Å². The molecule has 184 valence electrons. The molecule has 39 heavy (non-hydrogen) atoms. The molecule has 8 rings (SSSR count). The number of fused-ring (bicyclic) bond motifs is 6. The van der Waals surface area contributed by atoms with E-state index in [2.05, 4.69) is 109 Å². The van der Waals surface area contributed by atoms with Crippen LogP contribution in [0.15, 0.2) is 142 Å². The molecule has 0 spiro atoms. The summed E-state index contributed by atoms with van der Waals surface area (Å²) in [4.78, 5) is 0. The quantitative estimate of drug-likeness (QED) is 0.240. The van der Waals surface area contributed by atoms with Gasteiger partial charge in [-0.1, -0.05) is 109 Å². The highest BCUT2D eigenvalue weighted by Gasteiger charge is 2.12. The van der Waals surface area contributed by atoms with Crippen LogP contribution in [0.3, 0.4) is 0 Å². The van der Waals surface area contributed by atoms with Crippen molar-refractivity contribution in [1.82, 2.24) is 0 Å². The van der Waals surface area contributed by atoms with Crippen LogP contribution in [0.1, 0.15) is 11.1 Å². The third kappa shape index (κ3) is 3.72. The summed E-state index contributed by atoms with van der Waals surface area (Å²) in [6.45, 7) is 0.